The Morgan fingerprint density at radius 1 is 1.31 bits per heavy atom. The number of primary amides is 1. The highest BCUT2D eigenvalue weighted by Crippen LogP contribution is 1.97. The second-order valence-electron chi connectivity index (χ2n) is 1.89. The van der Waals surface area contributed by atoms with Gasteiger partial charge in [0.1, 0.15) is 0 Å². The first-order valence-corrected chi connectivity index (χ1v) is 3.24. The molecule has 70 valence electrons. The molecule has 0 heterocycles. The van der Waals surface area contributed by atoms with E-state index in [1.807, 2.05) is 0 Å². The summed E-state index contributed by atoms with van der Waals surface area (Å²) in [5.74, 6) is -0.892. The van der Waals surface area contributed by atoms with E-state index in [-0.39, 0.29) is 5.57 Å². The lowest BCUT2D eigenvalue weighted by Gasteiger charge is -1.98. The molecule has 0 saturated heterocycles. The van der Waals surface area contributed by atoms with E-state index in [2.05, 4.69) is 28.7 Å². The summed E-state index contributed by atoms with van der Waals surface area (Å²) in [5.41, 5.74) is 4.55. The minimum Gasteiger partial charge on any atom is -0.332 e. The van der Waals surface area contributed by atoms with Gasteiger partial charge in [0.25, 0.3) is 0 Å². The van der Waals surface area contributed by atoms with Gasteiger partial charge in [0.15, 0.2) is 0 Å². The number of nitrogens with two attached hydrogens (primary N) is 1. The number of allylic oxidation sites excluding steroid dienone is 2. The highest BCUT2D eigenvalue weighted by molar-refractivity contribution is 5.90. The zero-order valence-electron chi connectivity index (χ0n) is 6.86. The highest BCUT2D eigenvalue weighted by Gasteiger charge is 2.08. The summed E-state index contributed by atoms with van der Waals surface area (Å²) in [7, 11) is 0. The van der Waals surface area contributed by atoms with Crippen molar-refractivity contribution in [2.75, 3.05) is 0 Å². The van der Waals surface area contributed by atoms with Gasteiger partial charge in [-0.05, 0) is 6.08 Å². The normalized spacial score (nSPS) is 9.23. The maximum absolute atomic E-state index is 10.8. The number of carbonyl (C=O) groups excluding carboxylic acids is 2. The first-order chi connectivity index (χ1) is 6.07. The van der Waals surface area contributed by atoms with Gasteiger partial charge in [-0.15, -0.1) is 0 Å². The SMILES string of the molecule is C=C/C=C/C(=C)C(=O)OOC(N)=O. The zero-order valence-corrected chi connectivity index (χ0v) is 6.86. The van der Waals surface area contributed by atoms with Crippen molar-refractivity contribution in [2.45, 2.75) is 0 Å². The van der Waals surface area contributed by atoms with Crippen LogP contribution in [0.1, 0.15) is 0 Å². The monoisotopic (exact) mass is 183 g/mol. The molecule has 0 aromatic heterocycles. The summed E-state index contributed by atoms with van der Waals surface area (Å²) in [4.78, 5) is 28.5. The molecule has 0 aliphatic heterocycles. The predicted octanol–water partition coefficient (Wildman–Crippen LogP) is 0.838. The molecule has 0 unspecified atom stereocenters. The molecule has 0 aliphatic carbocycles. The molecule has 2 N–H and O–H groups in total. The lowest BCUT2D eigenvalue weighted by molar-refractivity contribution is -0.225. The quantitative estimate of drug-likeness (QED) is 0.304. The maximum atomic E-state index is 10.8. The van der Waals surface area contributed by atoms with Gasteiger partial charge < -0.3 is 5.73 Å². The van der Waals surface area contributed by atoms with Gasteiger partial charge in [0.05, 0.1) is 5.57 Å². The molecular weight excluding hydrogens is 174 g/mol. The largest absolute Gasteiger partial charge is 0.447 e. The van der Waals surface area contributed by atoms with E-state index in [1.165, 1.54) is 18.2 Å². The molecule has 0 aliphatic rings. The van der Waals surface area contributed by atoms with Gasteiger partial charge >= 0.3 is 12.1 Å². The third kappa shape index (κ3) is 5.25. The van der Waals surface area contributed by atoms with Crippen LogP contribution in [0.3, 0.4) is 0 Å². The summed E-state index contributed by atoms with van der Waals surface area (Å²) >= 11 is 0. The lowest BCUT2D eigenvalue weighted by atomic mass is 10.3. The van der Waals surface area contributed by atoms with Crippen molar-refractivity contribution in [2.24, 2.45) is 5.73 Å². The summed E-state index contributed by atoms with van der Waals surface area (Å²) in [5, 5.41) is 0. The molecule has 0 aromatic carbocycles. The van der Waals surface area contributed by atoms with Crippen molar-refractivity contribution in [3.8, 4) is 0 Å². The van der Waals surface area contributed by atoms with Crippen LogP contribution in [-0.2, 0) is 14.6 Å². The van der Waals surface area contributed by atoms with Crippen molar-refractivity contribution < 1.29 is 19.4 Å². The predicted molar refractivity (Wildman–Crippen MR) is 45.2 cm³/mol. The van der Waals surface area contributed by atoms with E-state index in [0.29, 0.717) is 0 Å². The van der Waals surface area contributed by atoms with E-state index >= 15 is 0 Å². The third-order valence-corrected chi connectivity index (χ3v) is 0.895. The Bertz CT molecular complexity index is 267. The van der Waals surface area contributed by atoms with E-state index in [1.54, 1.807) is 0 Å². The Morgan fingerprint density at radius 2 is 1.92 bits per heavy atom. The molecule has 0 saturated carbocycles. The van der Waals surface area contributed by atoms with Crippen LogP contribution in [0.2, 0.25) is 0 Å². The number of hydrogen-bond acceptors (Lipinski definition) is 4. The van der Waals surface area contributed by atoms with Crippen LogP contribution in [0, 0.1) is 0 Å². The summed E-state index contributed by atoms with van der Waals surface area (Å²) in [6, 6.07) is 0. The summed E-state index contributed by atoms with van der Waals surface area (Å²) < 4.78 is 0. The van der Waals surface area contributed by atoms with Gasteiger partial charge in [0, 0.05) is 0 Å². The molecule has 1 amide bonds. The zero-order chi connectivity index (χ0) is 10.3. The van der Waals surface area contributed by atoms with Gasteiger partial charge in [-0.1, -0.05) is 25.3 Å². The lowest BCUT2D eigenvalue weighted by Crippen LogP contribution is -2.17. The Balaban J connectivity index is 3.97. The standard InChI is InChI=1S/C8H9NO4/c1-3-4-5-6(2)7(10)12-13-8(9)11/h3-5H,1-2H2,(H2,9,11)/b5-4+. The summed E-state index contributed by atoms with van der Waals surface area (Å²) in [6.07, 6.45) is 3.08. The number of carbonyl (C=O) groups is 2. The Kier molecular flexibility index (Phi) is 4.71. The van der Waals surface area contributed by atoms with E-state index < -0.39 is 12.1 Å². The van der Waals surface area contributed by atoms with Crippen LogP contribution in [-0.4, -0.2) is 12.1 Å². The smallest absolute Gasteiger partial charge is 0.332 e. The molecule has 13 heavy (non-hydrogen) atoms. The molecule has 5 nitrogen and oxygen atoms in total. The van der Waals surface area contributed by atoms with Crippen molar-refractivity contribution in [3.05, 3.63) is 37.0 Å². The number of rotatable bonds is 3. The van der Waals surface area contributed by atoms with Crippen LogP contribution in [0.5, 0.6) is 0 Å². The third-order valence-electron chi connectivity index (χ3n) is 0.895. The van der Waals surface area contributed by atoms with Crippen LogP contribution in [0.15, 0.2) is 37.0 Å². The van der Waals surface area contributed by atoms with Crippen molar-refractivity contribution in [1.29, 1.82) is 0 Å². The second kappa shape index (κ2) is 5.59. The second-order valence-corrected chi connectivity index (χ2v) is 1.89. The van der Waals surface area contributed by atoms with Crippen molar-refractivity contribution in [3.63, 3.8) is 0 Å². The fraction of sp³-hybridized carbons (Fsp3) is 0. The first kappa shape index (κ1) is 11.0. The van der Waals surface area contributed by atoms with E-state index in [9.17, 15) is 9.59 Å². The molecule has 0 radical (unpaired) electrons. The Morgan fingerprint density at radius 3 is 2.38 bits per heavy atom. The first-order valence-electron chi connectivity index (χ1n) is 3.24. The van der Waals surface area contributed by atoms with Crippen LogP contribution in [0.4, 0.5) is 4.79 Å². The van der Waals surface area contributed by atoms with Crippen LogP contribution >= 0.6 is 0 Å². The van der Waals surface area contributed by atoms with Crippen molar-refractivity contribution in [1.82, 2.24) is 0 Å². The van der Waals surface area contributed by atoms with Crippen LogP contribution in [0.25, 0.3) is 0 Å². The number of hydrogen-bond donors (Lipinski definition) is 1. The van der Waals surface area contributed by atoms with E-state index in [4.69, 9.17) is 0 Å². The van der Waals surface area contributed by atoms with Crippen molar-refractivity contribution >= 4 is 12.1 Å². The molecule has 0 bridgehead atoms. The average molecular weight is 183 g/mol. The molecule has 0 fully saturated rings. The van der Waals surface area contributed by atoms with Gasteiger partial charge in [0.2, 0.25) is 0 Å². The Hall–Kier alpha value is -2.04. The fourth-order valence-electron chi connectivity index (χ4n) is 0.385. The Labute approximate surface area is 75.0 Å². The molecule has 0 atom stereocenters. The molecule has 0 aromatic rings. The van der Waals surface area contributed by atoms with Crippen LogP contribution < -0.4 is 5.73 Å². The molecule has 0 rings (SSSR count). The molecular formula is C8H9NO4. The van der Waals surface area contributed by atoms with E-state index in [0.717, 1.165) is 0 Å². The molecule has 5 heteroatoms. The molecule has 0 spiro atoms. The summed E-state index contributed by atoms with van der Waals surface area (Å²) in [6.45, 7) is 6.71. The minimum atomic E-state index is -1.20. The number of amides is 1. The van der Waals surface area contributed by atoms with Gasteiger partial charge in [-0.2, -0.15) is 0 Å². The highest BCUT2D eigenvalue weighted by atomic mass is 17.2. The van der Waals surface area contributed by atoms with Gasteiger partial charge in [-0.25, -0.2) is 19.4 Å². The average Bonchev–Trinajstić information content (AvgIpc) is 2.10. The fourth-order valence-corrected chi connectivity index (χ4v) is 0.385. The van der Waals surface area contributed by atoms with Gasteiger partial charge in [-0.3, -0.25) is 0 Å². The maximum Gasteiger partial charge on any atom is 0.447 e. The topological polar surface area (TPSA) is 78.6 Å². The minimum absolute atomic E-state index is 0.0150.